The van der Waals surface area contributed by atoms with E-state index >= 15 is 0 Å². The summed E-state index contributed by atoms with van der Waals surface area (Å²) in [7, 11) is 1.57. The fraction of sp³-hybridized carbons (Fsp3) is 0.316. The SMILES string of the molecule is CCOC(=O)Nc1ccc(OCCCc2ccccc2)c(OC)c1. The molecule has 2 aromatic carbocycles. The number of carbonyl (C=O) groups is 1. The van der Waals surface area contributed by atoms with Crippen molar-refractivity contribution >= 4 is 11.8 Å². The highest BCUT2D eigenvalue weighted by Crippen LogP contribution is 2.30. The van der Waals surface area contributed by atoms with Gasteiger partial charge in [-0.1, -0.05) is 30.3 Å². The highest BCUT2D eigenvalue weighted by molar-refractivity contribution is 5.85. The van der Waals surface area contributed by atoms with Gasteiger partial charge in [0.2, 0.25) is 0 Å². The maximum Gasteiger partial charge on any atom is 0.411 e. The molecule has 5 heteroatoms. The van der Waals surface area contributed by atoms with Crippen LogP contribution in [0.25, 0.3) is 0 Å². The number of ether oxygens (including phenoxy) is 3. The van der Waals surface area contributed by atoms with Crippen LogP contribution in [0.2, 0.25) is 0 Å². The third-order valence-corrected chi connectivity index (χ3v) is 3.40. The van der Waals surface area contributed by atoms with Gasteiger partial charge in [0.05, 0.1) is 20.3 Å². The number of nitrogens with one attached hydrogen (secondary N) is 1. The Kier molecular flexibility index (Phi) is 6.95. The fourth-order valence-corrected chi connectivity index (χ4v) is 2.25. The minimum atomic E-state index is -0.490. The molecule has 0 fully saturated rings. The lowest BCUT2D eigenvalue weighted by atomic mass is 10.1. The van der Waals surface area contributed by atoms with Gasteiger partial charge < -0.3 is 14.2 Å². The Balaban J connectivity index is 1.87. The third kappa shape index (κ3) is 5.50. The second kappa shape index (κ2) is 9.45. The van der Waals surface area contributed by atoms with Crippen LogP contribution in [0.3, 0.4) is 0 Å². The van der Waals surface area contributed by atoms with Crippen LogP contribution < -0.4 is 14.8 Å². The molecule has 0 spiro atoms. The van der Waals surface area contributed by atoms with Crippen LogP contribution in [-0.2, 0) is 11.2 Å². The molecule has 0 aliphatic rings. The first kappa shape index (κ1) is 17.7. The predicted octanol–water partition coefficient (Wildman–Crippen LogP) is 4.28. The summed E-state index contributed by atoms with van der Waals surface area (Å²) in [5.41, 5.74) is 1.89. The normalized spacial score (nSPS) is 10.1. The summed E-state index contributed by atoms with van der Waals surface area (Å²) >= 11 is 0. The van der Waals surface area contributed by atoms with Gasteiger partial charge >= 0.3 is 6.09 Å². The summed E-state index contributed by atoms with van der Waals surface area (Å²) in [4.78, 5) is 11.4. The number of hydrogen-bond acceptors (Lipinski definition) is 4. The summed E-state index contributed by atoms with van der Waals surface area (Å²) in [5.74, 6) is 1.23. The van der Waals surface area contributed by atoms with Crippen LogP contribution in [-0.4, -0.2) is 26.4 Å². The highest BCUT2D eigenvalue weighted by Gasteiger charge is 2.08. The molecule has 0 heterocycles. The van der Waals surface area contributed by atoms with Crippen molar-refractivity contribution in [3.05, 3.63) is 54.1 Å². The molecule has 0 aliphatic heterocycles. The van der Waals surface area contributed by atoms with Crippen LogP contribution in [0, 0.1) is 0 Å². The van der Waals surface area contributed by atoms with Gasteiger partial charge in [-0.05, 0) is 37.5 Å². The van der Waals surface area contributed by atoms with Crippen LogP contribution in [0.1, 0.15) is 18.9 Å². The van der Waals surface area contributed by atoms with Gasteiger partial charge in [-0.15, -0.1) is 0 Å². The van der Waals surface area contributed by atoms with Gasteiger partial charge in [0, 0.05) is 11.8 Å². The van der Waals surface area contributed by atoms with E-state index in [4.69, 9.17) is 14.2 Å². The Labute approximate surface area is 142 Å². The molecule has 128 valence electrons. The quantitative estimate of drug-likeness (QED) is 0.735. The summed E-state index contributed by atoms with van der Waals surface area (Å²) in [6.45, 7) is 2.67. The zero-order valence-electron chi connectivity index (χ0n) is 14.1. The van der Waals surface area contributed by atoms with E-state index in [9.17, 15) is 4.79 Å². The number of amides is 1. The second-order valence-electron chi connectivity index (χ2n) is 5.15. The number of rotatable bonds is 8. The molecule has 2 aromatic rings. The van der Waals surface area contributed by atoms with Crippen molar-refractivity contribution in [1.82, 2.24) is 0 Å². The van der Waals surface area contributed by atoms with Crippen molar-refractivity contribution in [1.29, 1.82) is 0 Å². The van der Waals surface area contributed by atoms with Crippen LogP contribution in [0.5, 0.6) is 11.5 Å². The van der Waals surface area contributed by atoms with E-state index < -0.39 is 6.09 Å². The Hall–Kier alpha value is -2.69. The Morgan fingerprint density at radius 2 is 1.88 bits per heavy atom. The first-order valence-corrected chi connectivity index (χ1v) is 8.01. The smallest absolute Gasteiger partial charge is 0.411 e. The van der Waals surface area contributed by atoms with Crippen molar-refractivity contribution in [2.45, 2.75) is 19.8 Å². The van der Waals surface area contributed by atoms with Gasteiger partial charge in [0.25, 0.3) is 0 Å². The molecular formula is C19H23NO4. The van der Waals surface area contributed by atoms with Gasteiger partial charge in [0.1, 0.15) is 0 Å². The van der Waals surface area contributed by atoms with Crippen molar-refractivity contribution in [3.8, 4) is 11.5 Å². The lowest BCUT2D eigenvalue weighted by molar-refractivity contribution is 0.168. The molecule has 0 aromatic heterocycles. The van der Waals surface area contributed by atoms with Crippen molar-refractivity contribution in [2.75, 3.05) is 25.6 Å². The van der Waals surface area contributed by atoms with E-state index in [1.54, 1.807) is 32.2 Å². The molecule has 0 aliphatic carbocycles. The number of benzene rings is 2. The molecule has 0 radical (unpaired) electrons. The number of methoxy groups -OCH3 is 1. The Morgan fingerprint density at radius 3 is 2.58 bits per heavy atom. The topological polar surface area (TPSA) is 56.8 Å². The molecule has 2 rings (SSSR count). The lowest BCUT2D eigenvalue weighted by Crippen LogP contribution is -2.13. The minimum Gasteiger partial charge on any atom is -0.493 e. The maximum atomic E-state index is 11.4. The number of anilines is 1. The zero-order chi connectivity index (χ0) is 17.2. The average Bonchev–Trinajstić information content (AvgIpc) is 2.60. The van der Waals surface area contributed by atoms with E-state index in [-0.39, 0.29) is 0 Å². The molecule has 0 unspecified atom stereocenters. The molecule has 24 heavy (non-hydrogen) atoms. The predicted molar refractivity (Wildman–Crippen MR) is 93.9 cm³/mol. The van der Waals surface area contributed by atoms with E-state index in [1.807, 2.05) is 18.2 Å². The van der Waals surface area contributed by atoms with Crippen molar-refractivity contribution < 1.29 is 19.0 Å². The van der Waals surface area contributed by atoms with E-state index in [2.05, 4.69) is 17.4 Å². The van der Waals surface area contributed by atoms with Crippen molar-refractivity contribution in [2.24, 2.45) is 0 Å². The summed E-state index contributed by atoms with van der Waals surface area (Å²) in [6, 6.07) is 15.5. The number of carbonyl (C=O) groups excluding carboxylic acids is 1. The van der Waals surface area contributed by atoms with Crippen LogP contribution >= 0.6 is 0 Å². The minimum absolute atomic E-state index is 0.325. The zero-order valence-corrected chi connectivity index (χ0v) is 14.1. The maximum absolute atomic E-state index is 11.4. The third-order valence-electron chi connectivity index (χ3n) is 3.40. The van der Waals surface area contributed by atoms with E-state index in [0.717, 1.165) is 12.8 Å². The number of hydrogen-bond donors (Lipinski definition) is 1. The van der Waals surface area contributed by atoms with Gasteiger partial charge in [-0.3, -0.25) is 5.32 Å². The van der Waals surface area contributed by atoms with Gasteiger partial charge in [-0.25, -0.2) is 4.79 Å². The van der Waals surface area contributed by atoms with E-state index in [1.165, 1.54) is 5.56 Å². The standard InChI is InChI=1S/C19H23NO4/c1-3-23-19(21)20-16-11-12-17(18(14-16)22-2)24-13-7-10-15-8-5-4-6-9-15/h4-6,8-9,11-12,14H,3,7,10,13H2,1-2H3,(H,20,21). The molecule has 0 saturated carbocycles. The highest BCUT2D eigenvalue weighted by atomic mass is 16.5. The lowest BCUT2D eigenvalue weighted by Gasteiger charge is -2.13. The Morgan fingerprint density at radius 1 is 1.08 bits per heavy atom. The monoisotopic (exact) mass is 329 g/mol. The van der Waals surface area contributed by atoms with Crippen molar-refractivity contribution in [3.63, 3.8) is 0 Å². The van der Waals surface area contributed by atoms with Crippen LogP contribution in [0.15, 0.2) is 48.5 Å². The Bertz CT molecular complexity index is 643. The first-order valence-electron chi connectivity index (χ1n) is 8.01. The summed E-state index contributed by atoms with van der Waals surface area (Å²) < 4.78 is 16.0. The first-order chi connectivity index (χ1) is 11.7. The largest absolute Gasteiger partial charge is 0.493 e. The number of aryl methyl sites for hydroxylation is 1. The molecule has 0 bridgehead atoms. The summed E-state index contributed by atoms with van der Waals surface area (Å²) in [5, 5.41) is 2.64. The summed E-state index contributed by atoms with van der Waals surface area (Å²) in [6.07, 6.45) is 1.39. The molecule has 0 atom stereocenters. The second-order valence-corrected chi connectivity index (χ2v) is 5.15. The molecular weight excluding hydrogens is 306 g/mol. The molecule has 1 N–H and O–H groups in total. The fourth-order valence-electron chi connectivity index (χ4n) is 2.25. The average molecular weight is 329 g/mol. The molecule has 1 amide bonds. The van der Waals surface area contributed by atoms with E-state index in [0.29, 0.717) is 30.4 Å². The van der Waals surface area contributed by atoms with Gasteiger partial charge in [0.15, 0.2) is 11.5 Å². The molecule has 5 nitrogen and oxygen atoms in total. The van der Waals surface area contributed by atoms with Crippen LogP contribution in [0.4, 0.5) is 10.5 Å². The van der Waals surface area contributed by atoms with Gasteiger partial charge in [-0.2, -0.15) is 0 Å². The molecule has 0 saturated heterocycles.